The van der Waals surface area contributed by atoms with Crippen LogP contribution in [0.5, 0.6) is 17.2 Å². The molecule has 35 heavy (non-hydrogen) atoms. The molecule has 3 aromatic carbocycles. The second-order valence-electron chi connectivity index (χ2n) is 8.96. The first-order chi connectivity index (χ1) is 17.0. The van der Waals surface area contributed by atoms with Crippen molar-refractivity contribution >= 4 is 15.7 Å². The maximum Gasteiger partial charge on any atom is 0.264 e. The molecule has 0 amide bonds. The van der Waals surface area contributed by atoms with E-state index in [0.717, 1.165) is 43.8 Å². The Morgan fingerprint density at radius 2 is 1.74 bits per heavy atom. The lowest BCUT2D eigenvalue weighted by Gasteiger charge is -2.39. The van der Waals surface area contributed by atoms with Crippen LogP contribution in [0.25, 0.3) is 0 Å². The Kier molecular flexibility index (Phi) is 6.58. The van der Waals surface area contributed by atoms with Crippen LogP contribution in [0.1, 0.15) is 24.0 Å². The fourth-order valence-electron chi connectivity index (χ4n) is 4.86. The highest BCUT2D eigenvalue weighted by molar-refractivity contribution is 7.93. The molecule has 184 valence electrons. The molecule has 0 spiro atoms. The Bertz CT molecular complexity index is 1300. The molecule has 0 radical (unpaired) electrons. The average molecular weight is 495 g/mol. The van der Waals surface area contributed by atoms with Crippen LogP contribution in [-0.2, 0) is 16.6 Å². The zero-order valence-corrected chi connectivity index (χ0v) is 20.8. The van der Waals surface area contributed by atoms with E-state index >= 15 is 0 Å². The van der Waals surface area contributed by atoms with Gasteiger partial charge in [0.05, 0.1) is 17.7 Å². The topological polar surface area (TPSA) is 68.3 Å². The Labute approximate surface area is 206 Å². The number of hydrogen-bond acceptors (Lipinski definition) is 6. The lowest BCUT2D eigenvalue weighted by atomic mass is 10.0. The van der Waals surface area contributed by atoms with Crippen LogP contribution >= 0.6 is 0 Å². The summed E-state index contributed by atoms with van der Waals surface area (Å²) in [4.78, 5) is 2.69. The summed E-state index contributed by atoms with van der Waals surface area (Å²) in [5.74, 6) is 2.05. The molecule has 0 atom stereocenters. The minimum atomic E-state index is -3.79. The Balaban J connectivity index is 1.41. The third-order valence-corrected chi connectivity index (χ3v) is 8.71. The van der Waals surface area contributed by atoms with E-state index in [1.807, 2.05) is 43.3 Å². The first kappa shape index (κ1) is 23.5. The van der Waals surface area contributed by atoms with E-state index in [9.17, 15) is 8.42 Å². The number of ether oxygens (including phenoxy) is 3. The molecule has 2 aliphatic heterocycles. The predicted molar refractivity (Wildman–Crippen MR) is 135 cm³/mol. The van der Waals surface area contributed by atoms with Crippen molar-refractivity contribution < 1.29 is 22.6 Å². The molecule has 0 N–H and O–H groups in total. The van der Waals surface area contributed by atoms with E-state index in [2.05, 4.69) is 11.0 Å². The quantitative estimate of drug-likeness (QED) is 0.479. The van der Waals surface area contributed by atoms with Crippen molar-refractivity contribution in [1.82, 2.24) is 4.90 Å². The van der Waals surface area contributed by atoms with Gasteiger partial charge in [-0.15, -0.1) is 0 Å². The molecule has 1 saturated heterocycles. The molecule has 2 heterocycles. The van der Waals surface area contributed by atoms with Gasteiger partial charge in [-0.05, 0) is 61.2 Å². The van der Waals surface area contributed by atoms with Gasteiger partial charge in [-0.1, -0.05) is 30.3 Å². The highest BCUT2D eigenvalue weighted by Crippen LogP contribution is 2.39. The maximum atomic E-state index is 14.0. The van der Waals surface area contributed by atoms with Crippen LogP contribution in [0.3, 0.4) is 0 Å². The zero-order valence-electron chi connectivity index (χ0n) is 20.0. The van der Waals surface area contributed by atoms with Gasteiger partial charge < -0.3 is 14.2 Å². The summed E-state index contributed by atoms with van der Waals surface area (Å²) >= 11 is 0. The highest BCUT2D eigenvalue weighted by Gasteiger charge is 2.35. The zero-order chi connectivity index (χ0) is 24.4. The molecule has 0 unspecified atom stereocenters. The van der Waals surface area contributed by atoms with Crippen molar-refractivity contribution in [2.24, 2.45) is 0 Å². The molecule has 7 nitrogen and oxygen atoms in total. The number of piperidine rings is 1. The second kappa shape index (κ2) is 9.79. The number of methoxy groups -OCH3 is 1. The van der Waals surface area contributed by atoms with Gasteiger partial charge in [0.2, 0.25) is 6.79 Å². The first-order valence-corrected chi connectivity index (χ1v) is 13.2. The van der Waals surface area contributed by atoms with Gasteiger partial charge in [0.1, 0.15) is 5.75 Å². The number of fused-ring (bicyclic) bond motifs is 1. The number of aryl methyl sites for hydroxylation is 1. The van der Waals surface area contributed by atoms with Crippen LogP contribution in [0.15, 0.2) is 71.6 Å². The highest BCUT2D eigenvalue weighted by atomic mass is 32.2. The molecular formula is C27H30N2O5S. The smallest absolute Gasteiger partial charge is 0.264 e. The number of sulfonamides is 1. The molecule has 0 saturated carbocycles. The van der Waals surface area contributed by atoms with E-state index in [-0.39, 0.29) is 12.8 Å². The monoisotopic (exact) mass is 494 g/mol. The molecular weight excluding hydrogens is 464 g/mol. The lowest BCUT2D eigenvalue weighted by Crippen LogP contribution is -2.47. The summed E-state index contributed by atoms with van der Waals surface area (Å²) in [6, 6.07) is 20.4. The lowest BCUT2D eigenvalue weighted by molar-refractivity contribution is 0.174. The van der Waals surface area contributed by atoms with Gasteiger partial charge in [0, 0.05) is 31.7 Å². The molecule has 0 aliphatic carbocycles. The van der Waals surface area contributed by atoms with Crippen LogP contribution in [0.2, 0.25) is 0 Å². The van der Waals surface area contributed by atoms with Crippen molar-refractivity contribution in [3.63, 3.8) is 0 Å². The second-order valence-corrected chi connectivity index (χ2v) is 10.7. The van der Waals surface area contributed by atoms with Gasteiger partial charge in [-0.2, -0.15) is 0 Å². The first-order valence-electron chi connectivity index (χ1n) is 11.8. The van der Waals surface area contributed by atoms with Crippen LogP contribution < -0.4 is 18.5 Å². The molecule has 2 aliphatic rings. The molecule has 1 fully saturated rings. The largest absolute Gasteiger partial charge is 0.497 e. The Morgan fingerprint density at radius 3 is 2.51 bits per heavy atom. The molecule has 5 rings (SSSR count). The standard InChI is InChI=1S/C27H30N2O5S/c1-20-6-3-4-9-27(20)35(30,31)29(23-10-11-25-26(17-23)34-19-33-25)22-12-14-28(15-13-22)18-21-7-5-8-24(16-21)32-2/h3-11,16-17,22H,12-15,18-19H2,1-2H3. The summed E-state index contributed by atoms with van der Waals surface area (Å²) in [5, 5.41) is 0. The van der Waals surface area contributed by atoms with Gasteiger partial charge in [0.25, 0.3) is 10.0 Å². The summed E-state index contributed by atoms with van der Waals surface area (Å²) in [7, 11) is -2.11. The van der Waals surface area contributed by atoms with Crippen molar-refractivity contribution in [1.29, 1.82) is 0 Å². The van der Waals surface area contributed by atoms with Gasteiger partial charge >= 0.3 is 0 Å². The summed E-state index contributed by atoms with van der Waals surface area (Å²) in [6.07, 6.45) is 1.45. The van der Waals surface area contributed by atoms with E-state index in [4.69, 9.17) is 14.2 Å². The van der Waals surface area contributed by atoms with Crippen LogP contribution in [-0.4, -0.2) is 46.4 Å². The number of nitrogens with zero attached hydrogens (tertiary/aromatic N) is 2. The van der Waals surface area contributed by atoms with E-state index in [0.29, 0.717) is 22.1 Å². The minimum Gasteiger partial charge on any atom is -0.497 e. The van der Waals surface area contributed by atoms with Gasteiger partial charge in [-0.3, -0.25) is 9.21 Å². The number of likely N-dealkylation sites (tertiary alicyclic amines) is 1. The van der Waals surface area contributed by atoms with E-state index in [1.54, 1.807) is 35.7 Å². The fourth-order valence-corrected chi connectivity index (χ4v) is 6.79. The Morgan fingerprint density at radius 1 is 0.971 bits per heavy atom. The number of anilines is 1. The molecule has 0 aromatic heterocycles. The summed E-state index contributed by atoms with van der Waals surface area (Å²) in [6.45, 7) is 4.38. The van der Waals surface area contributed by atoms with Crippen molar-refractivity contribution in [3.05, 3.63) is 77.9 Å². The van der Waals surface area contributed by atoms with Crippen LogP contribution in [0.4, 0.5) is 5.69 Å². The van der Waals surface area contributed by atoms with Crippen LogP contribution in [0, 0.1) is 6.92 Å². The fraction of sp³-hybridized carbons (Fsp3) is 0.333. The summed E-state index contributed by atoms with van der Waals surface area (Å²) in [5.41, 5.74) is 2.51. The Hall–Kier alpha value is -3.23. The number of hydrogen-bond donors (Lipinski definition) is 0. The minimum absolute atomic E-state index is 0.145. The maximum absolute atomic E-state index is 14.0. The van der Waals surface area contributed by atoms with Crippen molar-refractivity contribution in [2.75, 3.05) is 31.3 Å². The van der Waals surface area contributed by atoms with E-state index < -0.39 is 10.0 Å². The van der Waals surface area contributed by atoms with E-state index in [1.165, 1.54) is 5.56 Å². The molecule has 8 heteroatoms. The normalized spacial score (nSPS) is 16.3. The third-order valence-electron chi connectivity index (χ3n) is 6.67. The van der Waals surface area contributed by atoms with Crippen molar-refractivity contribution in [2.45, 2.75) is 37.2 Å². The van der Waals surface area contributed by atoms with Crippen molar-refractivity contribution in [3.8, 4) is 17.2 Å². The predicted octanol–water partition coefficient (Wildman–Crippen LogP) is 4.59. The SMILES string of the molecule is COc1cccc(CN2CCC(N(c3ccc4c(c3)OCO4)S(=O)(=O)c3ccccc3C)CC2)c1. The summed E-state index contributed by atoms with van der Waals surface area (Å²) < 4.78 is 46.0. The molecule has 0 bridgehead atoms. The van der Waals surface area contributed by atoms with Gasteiger partial charge in [-0.25, -0.2) is 8.42 Å². The number of rotatable bonds is 7. The average Bonchev–Trinajstić information content (AvgIpc) is 3.33. The third kappa shape index (κ3) is 4.81. The number of benzene rings is 3. The van der Waals surface area contributed by atoms with Gasteiger partial charge in [0.15, 0.2) is 11.5 Å². The molecule has 3 aromatic rings.